The van der Waals surface area contributed by atoms with Crippen molar-refractivity contribution in [1.29, 1.82) is 0 Å². The monoisotopic (exact) mass is 271 g/mol. The normalized spacial score (nSPS) is 9.00. The molecule has 0 aromatic heterocycles. The van der Waals surface area contributed by atoms with E-state index in [1.807, 2.05) is 0 Å². The Bertz CT molecular complexity index is 92.5. The van der Waals surface area contributed by atoms with Crippen molar-refractivity contribution in [2.24, 2.45) is 11.5 Å². The van der Waals surface area contributed by atoms with Crippen LogP contribution >= 0.6 is 0 Å². The fourth-order valence-corrected chi connectivity index (χ4v) is 0.933. The second-order valence-electron chi connectivity index (χ2n) is 2.83. The quantitative estimate of drug-likeness (QED) is 0.103. The van der Waals surface area contributed by atoms with Crippen molar-refractivity contribution in [2.75, 3.05) is 52.4 Å². The van der Waals surface area contributed by atoms with Gasteiger partial charge in [-0.15, -0.1) is 0 Å². The molecule has 0 rings (SSSR count). The zero-order chi connectivity index (χ0) is 11.8. The van der Waals surface area contributed by atoms with Crippen LogP contribution in [0.1, 0.15) is 0 Å². The zero-order valence-corrected chi connectivity index (χ0v) is 11.3. The van der Waals surface area contributed by atoms with Gasteiger partial charge in [-0.25, -0.2) is 0 Å². The van der Waals surface area contributed by atoms with Crippen LogP contribution in [0.2, 0.25) is 0 Å². The fourth-order valence-electron chi connectivity index (χ4n) is 0.933. The minimum absolute atomic E-state index is 0. The minimum atomic E-state index is 0. The Labute approximate surface area is 112 Å². The molecule has 9 N–H and O–H groups in total. The Kier molecular flexibility index (Phi) is 33.3. The van der Waals surface area contributed by atoms with E-state index in [-0.39, 0.29) is 21.7 Å². The van der Waals surface area contributed by atoms with Crippen LogP contribution in [0, 0.1) is 0 Å². The van der Waals surface area contributed by atoms with Gasteiger partial charge < -0.3 is 27.4 Å². The fraction of sp³-hybridized carbons (Fsp3) is 1.00. The molecule has 0 radical (unpaired) electrons. The maximum Gasteiger partial charge on any atom is 0.00772 e. The van der Waals surface area contributed by atoms with Crippen LogP contribution in [-0.4, -0.2) is 62.9 Å². The molecule has 0 spiro atoms. The molecule has 0 aliphatic heterocycles. The molecular weight excluding hydrogens is 246 g/mol. The van der Waals surface area contributed by atoms with E-state index in [2.05, 4.69) is 16.0 Å². The molecule has 8 heteroatoms. The van der Waals surface area contributed by atoms with Gasteiger partial charge in [0.1, 0.15) is 0 Å². The van der Waals surface area contributed by atoms with Crippen molar-refractivity contribution in [3.05, 3.63) is 0 Å². The van der Waals surface area contributed by atoms with Crippen molar-refractivity contribution < 1.29 is 32.2 Å². The summed E-state index contributed by atoms with van der Waals surface area (Å²) in [6.45, 7) is 7.15. The summed E-state index contributed by atoms with van der Waals surface area (Å²) < 4.78 is 0. The Morgan fingerprint density at radius 2 is 0.875 bits per heavy atom. The number of hydrogen-bond acceptors (Lipinski definition) is 7. The molecular formula is C8H25N5O2Ti. The minimum Gasteiger partial charge on any atom is -0.329 e. The summed E-state index contributed by atoms with van der Waals surface area (Å²) in [5.41, 5.74) is 10.6. The number of rotatable bonds is 10. The number of nitrogens with one attached hydrogen (secondary N) is 3. The summed E-state index contributed by atoms with van der Waals surface area (Å²) >= 11 is 0. The maximum absolute atomic E-state index is 6.00. The molecule has 7 nitrogen and oxygen atoms in total. The van der Waals surface area contributed by atoms with E-state index in [0.717, 1.165) is 39.3 Å². The molecule has 0 amide bonds. The van der Waals surface area contributed by atoms with E-state index >= 15 is 0 Å². The Morgan fingerprint density at radius 1 is 0.625 bits per heavy atom. The number of hydrogen-bond donors (Lipinski definition) is 7. The molecule has 0 aromatic rings. The van der Waals surface area contributed by atoms with Gasteiger partial charge in [-0.3, -0.25) is 10.5 Å². The second-order valence-corrected chi connectivity index (χ2v) is 2.83. The first kappa shape index (κ1) is 21.7. The van der Waals surface area contributed by atoms with Crippen LogP contribution in [0.4, 0.5) is 0 Å². The van der Waals surface area contributed by atoms with Crippen LogP contribution in [0.25, 0.3) is 0 Å². The van der Waals surface area contributed by atoms with Crippen LogP contribution < -0.4 is 27.4 Å². The standard InChI is InChI=1S/C8H23N5.H2O2.Ti/c9-1-3-11-5-7-13-8-6-12-4-2-10;1-2;/h11-13H,1-10H2;1-2H;. The van der Waals surface area contributed by atoms with Gasteiger partial charge in [-0.05, 0) is 0 Å². The van der Waals surface area contributed by atoms with Crippen LogP contribution in [0.3, 0.4) is 0 Å². The molecule has 0 fully saturated rings. The third-order valence-corrected chi connectivity index (χ3v) is 1.60. The van der Waals surface area contributed by atoms with Crippen molar-refractivity contribution in [3.8, 4) is 0 Å². The van der Waals surface area contributed by atoms with Gasteiger partial charge in [0, 0.05) is 74.1 Å². The van der Waals surface area contributed by atoms with Crippen LogP contribution in [0.5, 0.6) is 0 Å². The molecule has 0 saturated carbocycles. The van der Waals surface area contributed by atoms with Crippen molar-refractivity contribution in [3.63, 3.8) is 0 Å². The van der Waals surface area contributed by atoms with Gasteiger partial charge in [-0.1, -0.05) is 0 Å². The second kappa shape index (κ2) is 24.6. The predicted octanol–water partition coefficient (Wildman–Crippen LogP) is -2.31. The first-order chi connectivity index (χ1) is 7.41. The van der Waals surface area contributed by atoms with Crippen LogP contribution in [-0.2, 0) is 21.7 Å². The summed E-state index contributed by atoms with van der Waals surface area (Å²) in [6.07, 6.45) is 0. The number of nitrogens with two attached hydrogens (primary N) is 2. The van der Waals surface area contributed by atoms with Crippen molar-refractivity contribution in [1.82, 2.24) is 16.0 Å². The van der Waals surface area contributed by atoms with Crippen molar-refractivity contribution >= 4 is 0 Å². The average Bonchev–Trinajstić information content (AvgIpc) is 2.30. The Morgan fingerprint density at radius 3 is 1.12 bits per heavy atom. The van der Waals surface area contributed by atoms with E-state index in [1.165, 1.54) is 0 Å². The van der Waals surface area contributed by atoms with Crippen molar-refractivity contribution in [2.45, 2.75) is 0 Å². The molecule has 0 aromatic carbocycles. The topological polar surface area (TPSA) is 129 Å². The van der Waals surface area contributed by atoms with Gasteiger partial charge >= 0.3 is 0 Å². The molecule has 0 saturated heterocycles. The summed E-state index contributed by atoms with van der Waals surface area (Å²) in [4.78, 5) is 0. The Balaban J connectivity index is -0.000000529. The first-order valence-corrected chi connectivity index (χ1v) is 5.14. The summed E-state index contributed by atoms with van der Waals surface area (Å²) in [5, 5.41) is 21.7. The molecule has 0 atom stereocenters. The Hall–Kier alpha value is 0.434. The third kappa shape index (κ3) is 23.9. The average molecular weight is 271 g/mol. The predicted molar refractivity (Wildman–Crippen MR) is 62.0 cm³/mol. The summed E-state index contributed by atoms with van der Waals surface area (Å²) in [6, 6.07) is 0. The van der Waals surface area contributed by atoms with Crippen LogP contribution in [0.15, 0.2) is 0 Å². The van der Waals surface area contributed by atoms with Gasteiger partial charge in [-0.2, -0.15) is 0 Å². The molecule has 98 valence electrons. The molecule has 0 bridgehead atoms. The first-order valence-electron chi connectivity index (χ1n) is 5.14. The van der Waals surface area contributed by atoms with Gasteiger partial charge in [0.25, 0.3) is 0 Å². The van der Waals surface area contributed by atoms with Gasteiger partial charge in [0.2, 0.25) is 0 Å². The molecule has 16 heavy (non-hydrogen) atoms. The van der Waals surface area contributed by atoms with E-state index < -0.39 is 0 Å². The maximum atomic E-state index is 6.00. The van der Waals surface area contributed by atoms with Gasteiger partial charge in [0.05, 0.1) is 0 Å². The third-order valence-electron chi connectivity index (χ3n) is 1.60. The summed E-state index contributed by atoms with van der Waals surface area (Å²) in [5.74, 6) is 0. The molecule has 0 aliphatic rings. The smallest absolute Gasteiger partial charge is 0.00772 e. The van der Waals surface area contributed by atoms with E-state index in [4.69, 9.17) is 22.0 Å². The molecule has 0 unspecified atom stereocenters. The van der Waals surface area contributed by atoms with E-state index in [1.54, 1.807) is 0 Å². The van der Waals surface area contributed by atoms with E-state index in [9.17, 15) is 0 Å². The largest absolute Gasteiger partial charge is 0.329 e. The van der Waals surface area contributed by atoms with Gasteiger partial charge in [0.15, 0.2) is 0 Å². The molecule has 0 aliphatic carbocycles. The summed E-state index contributed by atoms with van der Waals surface area (Å²) in [7, 11) is 0. The van der Waals surface area contributed by atoms with E-state index in [0.29, 0.717) is 13.1 Å². The zero-order valence-electron chi connectivity index (χ0n) is 9.71. The molecule has 0 heterocycles. The SMILES string of the molecule is NCCNCCNCCNCCN.OO.[Ti].